The highest BCUT2D eigenvalue weighted by Gasteiger charge is 2.21. The average molecular weight is 301 g/mol. The lowest BCUT2D eigenvalue weighted by molar-refractivity contribution is 0.0696. The highest BCUT2D eigenvalue weighted by Crippen LogP contribution is 2.34. The lowest BCUT2D eigenvalue weighted by Gasteiger charge is -2.13. The van der Waals surface area contributed by atoms with Crippen molar-refractivity contribution in [2.45, 2.75) is 6.92 Å². The molecule has 4 N–H and O–H groups in total. The molecule has 6 heteroatoms. The van der Waals surface area contributed by atoms with Gasteiger partial charge in [0, 0.05) is 5.56 Å². The molecule has 0 saturated heterocycles. The van der Waals surface area contributed by atoms with Crippen molar-refractivity contribution in [2.24, 2.45) is 0 Å². The standard InChI is InChI=1S/C16H15NO5/c1-8-5-10(15(18)19)14(11(6-8)16(20)21)9-3-4-12(17)13(7-9)22-2/h3-7H,17H2,1-2H3,(H,18,19)(H,20,21). The van der Waals surface area contributed by atoms with Crippen molar-refractivity contribution in [3.63, 3.8) is 0 Å². The summed E-state index contributed by atoms with van der Waals surface area (Å²) >= 11 is 0. The molecule has 0 heterocycles. The summed E-state index contributed by atoms with van der Waals surface area (Å²) < 4.78 is 5.11. The maximum Gasteiger partial charge on any atom is 0.336 e. The van der Waals surface area contributed by atoms with Crippen LogP contribution in [0.3, 0.4) is 0 Å². The molecule has 2 rings (SSSR count). The number of carbonyl (C=O) groups is 2. The van der Waals surface area contributed by atoms with Gasteiger partial charge in [0.2, 0.25) is 0 Å². The smallest absolute Gasteiger partial charge is 0.336 e. The minimum absolute atomic E-state index is 0.0794. The molecule has 0 aliphatic rings. The lowest BCUT2D eigenvalue weighted by atomic mass is 9.92. The molecule has 0 saturated carbocycles. The van der Waals surface area contributed by atoms with Gasteiger partial charge >= 0.3 is 11.9 Å². The fourth-order valence-electron chi connectivity index (χ4n) is 2.30. The van der Waals surface area contributed by atoms with Crippen LogP contribution in [0.25, 0.3) is 11.1 Å². The van der Waals surface area contributed by atoms with Crippen LogP contribution in [0.5, 0.6) is 5.75 Å². The highest BCUT2D eigenvalue weighted by molar-refractivity contribution is 6.05. The van der Waals surface area contributed by atoms with Crippen molar-refractivity contribution in [2.75, 3.05) is 12.8 Å². The van der Waals surface area contributed by atoms with Crippen LogP contribution < -0.4 is 10.5 Å². The van der Waals surface area contributed by atoms with Crippen molar-refractivity contribution < 1.29 is 24.5 Å². The third kappa shape index (κ3) is 2.71. The van der Waals surface area contributed by atoms with Gasteiger partial charge in [-0.2, -0.15) is 0 Å². The SMILES string of the molecule is COc1cc(-c2c(C(=O)O)cc(C)cc2C(=O)O)ccc1N. The summed E-state index contributed by atoms with van der Waals surface area (Å²) in [6.07, 6.45) is 0. The molecule has 0 fully saturated rings. The number of carboxylic acids is 2. The molecular formula is C16H15NO5. The van der Waals surface area contributed by atoms with Crippen LogP contribution in [0, 0.1) is 6.92 Å². The fourth-order valence-corrected chi connectivity index (χ4v) is 2.30. The molecule has 0 amide bonds. The predicted molar refractivity (Wildman–Crippen MR) is 81.5 cm³/mol. The molecule has 2 aromatic carbocycles. The van der Waals surface area contributed by atoms with E-state index in [1.807, 2.05) is 0 Å². The third-order valence-corrected chi connectivity index (χ3v) is 3.27. The Morgan fingerprint density at radius 3 is 2.05 bits per heavy atom. The number of benzene rings is 2. The molecule has 0 aromatic heterocycles. The first kappa shape index (κ1) is 15.4. The zero-order valence-electron chi connectivity index (χ0n) is 12.1. The van der Waals surface area contributed by atoms with E-state index in [1.54, 1.807) is 19.1 Å². The summed E-state index contributed by atoms with van der Waals surface area (Å²) in [5.41, 5.74) is 7.07. The van der Waals surface area contributed by atoms with Gasteiger partial charge in [0.05, 0.1) is 23.9 Å². The number of aryl methyl sites for hydroxylation is 1. The van der Waals surface area contributed by atoms with Gasteiger partial charge in [-0.1, -0.05) is 6.07 Å². The van der Waals surface area contributed by atoms with E-state index in [-0.39, 0.29) is 16.7 Å². The van der Waals surface area contributed by atoms with E-state index in [0.717, 1.165) is 0 Å². The molecule has 0 aliphatic carbocycles. The number of aromatic carboxylic acids is 2. The maximum absolute atomic E-state index is 11.5. The molecule has 22 heavy (non-hydrogen) atoms. The Kier molecular flexibility index (Phi) is 4.03. The van der Waals surface area contributed by atoms with Gasteiger partial charge in [-0.05, 0) is 42.3 Å². The van der Waals surface area contributed by atoms with Gasteiger partial charge in [-0.25, -0.2) is 9.59 Å². The number of anilines is 1. The Morgan fingerprint density at radius 1 is 1.05 bits per heavy atom. The number of rotatable bonds is 4. The van der Waals surface area contributed by atoms with E-state index in [9.17, 15) is 19.8 Å². The van der Waals surface area contributed by atoms with Crippen molar-refractivity contribution in [3.8, 4) is 16.9 Å². The predicted octanol–water partition coefficient (Wildman–Crippen LogP) is 2.65. The van der Waals surface area contributed by atoms with Gasteiger partial charge in [0.15, 0.2) is 0 Å². The lowest BCUT2D eigenvalue weighted by Crippen LogP contribution is -2.08. The van der Waals surface area contributed by atoms with Gasteiger partial charge in [-0.15, -0.1) is 0 Å². The first-order chi connectivity index (χ1) is 10.3. The molecular weight excluding hydrogens is 286 g/mol. The molecule has 0 aliphatic heterocycles. The minimum Gasteiger partial charge on any atom is -0.495 e. The van der Waals surface area contributed by atoms with E-state index >= 15 is 0 Å². The Labute approximate surface area is 126 Å². The molecule has 0 spiro atoms. The molecule has 0 unspecified atom stereocenters. The number of hydrogen-bond donors (Lipinski definition) is 3. The highest BCUT2D eigenvalue weighted by atomic mass is 16.5. The van der Waals surface area contributed by atoms with E-state index in [2.05, 4.69) is 0 Å². The first-order valence-electron chi connectivity index (χ1n) is 6.40. The van der Waals surface area contributed by atoms with Gasteiger partial charge in [-0.3, -0.25) is 0 Å². The van der Waals surface area contributed by atoms with Crippen LogP contribution in [0.2, 0.25) is 0 Å². The summed E-state index contributed by atoms with van der Waals surface area (Å²) in [5.74, 6) is -2.04. The number of methoxy groups -OCH3 is 1. The van der Waals surface area contributed by atoms with Crippen molar-refractivity contribution in [1.29, 1.82) is 0 Å². The van der Waals surface area contributed by atoms with Crippen LogP contribution in [0.1, 0.15) is 26.3 Å². The van der Waals surface area contributed by atoms with E-state index in [4.69, 9.17) is 10.5 Å². The maximum atomic E-state index is 11.5. The summed E-state index contributed by atoms with van der Waals surface area (Å²) in [6.45, 7) is 1.65. The van der Waals surface area contributed by atoms with Crippen LogP contribution >= 0.6 is 0 Å². The molecule has 0 bridgehead atoms. The molecule has 114 valence electrons. The number of carboxylic acid groups (broad SMARTS) is 2. The average Bonchev–Trinajstić information content (AvgIpc) is 2.47. The largest absolute Gasteiger partial charge is 0.495 e. The van der Waals surface area contributed by atoms with Gasteiger partial charge in [0.1, 0.15) is 5.75 Å². The summed E-state index contributed by atoms with van der Waals surface area (Å²) in [7, 11) is 1.43. The Morgan fingerprint density at radius 2 is 1.59 bits per heavy atom. The van der Waals surface area contributed by atoms with Crippen LogP contribution in [-0.4, -0.2) is 29.3 Å². The second kappa shape index (κ2) is 5.77. The molecule has 0 atom stereocenters. The molecule has 6 nitrogen and oxygen atoms in total. The first-order valence-corrected chi connectivity index (χ1v) is 6.40. The number of nitrogens with two attached hydrogens (primary N) is 1. The quantitative estimate of drug-likeness (QED) is 0.749. The van der Waals surface area contributed by atoms with Crippen LogP contribution in [0.15, 0.2) is 30.3 Å². The summed E-state index contributed by atoms with van der Waals surface area (Å²) in [4.78, 5) is 23.0. The van der Waals surface area contributed by atoms with Crippen molar-refractivity contribution in [1.82, 2.24) is 0 Å². The van der Waals surface area contributed by atoms with E-state index in [0.29, 0.717) is 22.6 Å². The third-order valence-electron chi connectivity index (χ3n) is 3.27. The van der Waals surface area contributed by atoms with Crippen molar-refractivity contribution >= 4 is 17.6 Å². The zero-order chi connectivity index (χ0) is 16.4. The zero-order valence-corrected chi connectivity index (χ0v) is 12.1. The van der Waals surface area contributed by atoms with Crippen molar-refractivity contribution in [3.05, 3.63) is 47.0 Å². The number of hydrogen-bond acceptors (Lipinski definition) is 4. The summed E-state index contributed by atoms with van der Waals surface area (Å²) in [6, 6.07) is 7.52. The molecule has 2 aromatic rings. The Bertz CT molecular complexity index is 732. The summed E-state index contributed by atoms with van der Waals surface area (Å²) in [5, 5.41) is 18.8. The second-order valence-corrected chi connectivity index (χ2v) is 4.80. The van der Waals surface area contributed by atoms with E-state index in [1.165, 1.54) is 25.3 Å². The fraction of sp³-hybridized carbons (Fsp3) is 0.125. The minimum atomic E-state index is -1.20. The van der Waals surface area contributed by atoms with E-state index < -0.39 is 11.9 Å². The monoisotopic (exact) mass is 301 g/mol. The normalized spacial score (nSPS) is 10.3. The number of nitrogen functional groups attached to an aromatic ring is 1. The topological polar surface area (TPSA) is 110 Å². The Balaban J connectivity index is 2.83. The van der Waals surface area contributed by atoms with Crippen LogP contribution in [-0.2, 0) is 0 Å². The second-order valence-electron chi connectivity index (χ2n) is 4.80. The Hall–Kier alpha value is -3.02. The van der Waals surface area contributed by atoms with Gasteiger partial charge < -0.3 is 20.7 Å². The van der Waals surface area contributed by atoms with Gasteiger partial charge in [0.25, 0.3) is 0 Å². The van der Waals surface area contributed by atoms with Crippen LogP contribution in [0.4, 0.5) is 5.69 Å². The number of ether oxygens (including phenoxy) is 1. The molecule has 0 radical (unpaired) electrons.